The Kier molecular flexibility index (Phi) is 7.29. The number of hydrogen-bond donors (Lipinski definition) is 0. The van der Waals surface area contributed by atoms with E-state index in [-0.39, 0.29) is 19.0 Å². The summed E-state index contributed by atoms with van der Waals surface area (Å²) in [5, 5.41) is 1.26. The van der Waals surface area contributed by atoms with Crippen molar-refractivity contribution in [1.29, 1.82) is 0 Å². The van der Waals surface area contributed by atoms with Gasteiger partial charge in [0.2, 0.25) is 15.9 Å². The highest BCUT2D eigenvalue weighted by atomic mass is 35.5. The van der Waals surface area contributed by atoms with Gasteiger partial charge in [-0.1, -0.05) is 41.4 Å². The van der Waals surface area contributed by atoms with E-state index in [1.807, 2.05) is 25.1 Å². The smallest absolute Gasteiger partial charge is 0.238 e. The van der Waals surface area contributed by atoms with Crippen LogP contribution in [0.15, 0.2) is 42.5 Å². The average Bonchev–Trinajstić information content (AvgIpc) is 2.70. The highest BCUT2D eigenvalue weighted by molar-refractivity contribution is 7.88. The van der Waals surface area contributed by atoms with E-state index in [0.717, 1.165) is 23.1 Å². The molecule has 0 N–H and O–H groups in total. The first-order chi connectivity index (χ1) is 14.1. The summed E-state index contributed by atoms with van der Waals surface area (Å²) in [6, 6.07) is 12.7. The number of sulfonamides is 1. The number of amides is 1. The van der Waals surface area contributed by atoms with Gasteiger partial charge in [0.25, 0.3) is 0 Å². The first-order valence-corrected chi connectivity index (χ1v) is 12.2. The van der Waals surface area contributed by atoms with Crippen molar-refractivity contribution >= 4 is 44.8 Å². The molecule has 0 radical (unpaired) electrons. The predicted molar refractivity (Wildman–Crippen MR) is 122 cm³/mol. The Morgan fingerprint density at radius 3 is 2.20 bits per heavy atom. The van der Waals surface area contributed by atoms with Crippen molar-refractivity contribution in [3.63, 3.8) is 0 Å². The van der Waals surface area contributed by atoms with Crippen molar-refractivity contribution in [2.24, 2.45) is 0 Å². The van der Waals surface area contributed by atoms with E-state index < -0.39 is 10.0 Å². The van der Waals surface area contributed by atoms with Gasteiger partial charge in [0.05, 0.1) is 12.8 Å². The van der Waals surface area contributed by atoms with E-state index in [1.54, 1.807) is 29.2 Å². The lowest BCUT2D eigenvalue weighted by Gasteiger charge is -2.37. The number of piperazine rings is 1. The van der Waals surface area contributed by atoms with Crippen LogP contribution in [0.25, 0.3) is 0 Å². The summed E-state index contributed by atoms with van der Waals surface area (Å²) < 4.78 is 25.7. The molecular weight excluding hydrogens is 445 g/mol. The molecule has 2 aromatic carbocycles. The largest absolute Gasteiger partial charge is 0.368 e. The number of carbonyl (C=O) groups is 1. The molecule has 1 aliphatic heterocycles. The second-order valence-electron chi connectivity index (χ2n) is 7.46. The third kappa shape index (κ3) is 5.88. The van der Waals surface area contributed by atoms with E-state index >= 15 is 0 Å². The predicted octanol–water partition coefficient (Wildman–Crippen LogP) is 3.41. The summed E-state index contributed by atoms with van der Waals surface area (Å²) in [5.41, 5.74) is 2.97. The van der Waals surface area contributed by atoms with Crippen LogP contribution in [0.2, 0.25) is 10.0 Å². The Bertz CT molecular complexity index is 1000. The minimum Gasteiger partial charge on any atom is -0.368 e. The summed E-state index contributed by atoms with van der Waals surface area (Å²) in [7, 11) is -3.54. The Labute approximate surface area is 188 Å². The molecule has 1 heterocycles. The van der Waals surface area contributed by atoms with Gasteiger partial charge in [0, 0.05) is 48.5 Å². The summed E-state index contributed by atoms with van der Waals surface area (Å²) in [4.78, 5) is 16.7. The topological polar surface area (TPSA) is 60.9 Å². The van der Waals surface area contributed by atoms with Crippen LogP contribution in [-0.4, -0.2) is 62.5 Å². The molecule has 0 aliphatic carbocycles. The summed E-state index contributed by atoms with van der Waals surface area (Å²) in [6.07, 6.45) is 1.12. The molecule has 9 heteroatoms. The van der Waals surface area contributed by atoms with Gasteiger partial charge in [-0.05, 0) is 42.3 Å². The lowest BCUT2D eigenvalue weighted by molar-refractivity contribution is -0.131. The number of anilines is 1. The van der Waals surface area contributed by atoms with Crippen LogP contribution >= 0.6 is 23.2 Å². The number of carbonyl (C=O) groups excluding carboxylic acids is 1. The Hall–Kier alpha value is -1.80. The highest BCUT2D eigenvalue weighted by Crippen LogP contribution is 2.25. The molecule has 0 bridgehead atoms. The average molecular weight is 470 g/mol. The van der Waals surface area contributed by atoms with Crippen molar-refractivity contribution in [3.8, 4) is 0 Å². The van der Waals surface area contributed by atoms with E-state index in [4.69, 9.17) is 23.2 Å². The van der Waals surface area contributed by atoms with Gasteiger partial charge < -0.3 is 9.80 Å². The second kappa shape index (κ2) is 9.56. The standard InChI is InChI=1S/C21H25Cl2N3O3S/c1-16-3-6-19(23)13-20(16)24-9-11-25(12-10-24)21(27)15-26(30(2,28)29)14-17-4-7-18(22)8-5-17/h3-8,13H,9-12,14-15H2,1-2H3. The molecule has 0 saturated carbocycles. The van der Waals surface area contributed by atoms with Gasteiger partial charge >= 0.3 is 0 Å². The minimum atomic E-state index is -3.54. The van der Waals surface area contributed by atoms with Crippen molar-refractivity contribution in [1.82, 2.24) is 9.21 Å². The molecular formula is C21H25Cl2N3O3S. The van der Waals surface area contributed by atoms with Crippen molar-refractivity contribution in [2.45, 2.75) is 13.5 Å². The zero-order valence-electron chi connectivity index (χ0n) is 17.0. The molecule has 30 heavy (non-hydrogen) atoms. The first-order valence-electron chi connectivity index (χ1n) is 9.62. The molecule has 1 fully saturated rings. The third-order valence-corrected chi connectivity index (χ3v) is 6.88. The Morgan fingerprint density at radius 1 is 1.00 bits per heavy atom. The van der Waals surface area contributed by atoms with Crippen molar-refractivity contribution < 1.29 is 13.2 Å². The number of hydrogen-bond acceptors (Lipinski definition) is 4. The van der Waals surface area contributed by atoms with E-state index in [0.29, 0.717) is 36.2 Å². The molecule has 0 atom stereocenters. The van der Waals surface area contributed by atoms with E-state index in [9.17, 15) is 13.2 Å². The van der Waals surface area contributed by atoms with Gasteiger partial charge in [0.1, 0.15) is 0 Å². The zero-order chi connectivity index (χ0) is 21.9. The van der Waals surface area contributed by atoms with Gasteiger partial charge in [0.15, 0.2) is 0 Å². The summed E-state index contributed by atoms with van der Waals surface area (Å²) >= 11 is 12.0. The molecule has 1 aliphatic rings. The quantitative estimate of drug-likeness (QED) is 0.650. The number of benzene rings is 2. The Morgan fingerprint density at radius 2 is 1.60 bits per heavy atom. The van der Waals surface area contributed by atoms with Crippen molar-refractivity contribution in [2.75, 3.05) is 43.9 Å². The summed E-state index contributed by atoms with van der Waals surface area (Å²) in [6.45, 7) is 4.38. The normalized spacial score (nSPS) is 15.0. The molecule has 6 nitrogen and oxygen atoms in total. The molecule has 2 aromatic rings. The fourth-order valence-corrected chi connectivity index (χ4v) is 4.48. The number of halogens is 2. The fraction of sp³-hybridized carbons (Fsp3) is 0.381. The lowest BCUT2D eigenvalue weighted by atomic mass is 10.1. The Balaban J connectivity index is 1.63. The van der Waals surface area contributed by atoms with Gasteiger partial charge in [-0.25, -0.2) is 8.42 Å². The molecule has 3 rings (SSSR count). The number of aryl methyl sites for hydroxylation is 1. The zero-order valence-corrected chi connectivity index (χ0v) is 19.3. The van der Waals surface area contributed by atoms with Crippen LogP contribution in [0, 0.1) is 6.92 Å². The molecule has 0 spiro atoms. The molecule has 0 aromatic heterocycles. The SMILES string of the molecule is Cc1ccc(Cl)cc1N1CCN(C(=O)CN(Cc2ccc(Cl)cc2)S(C)(=O)=O)CC1. The highest BCUT2D eigenvalue weighted by Gasteiger charge is 2.27. The monoisotopic (exact) mass is 469 g/mol. The third-order valence-electron chi connectivity index (χ3n) is 5.20. The van der Waals surface area contributed by atoms with Gasteiger partial charge in [-0.3, -0.25) is 4.79 Å². The first kappa shape index (κ1) is 22.9. The minimum absolute atomic E-state index is 0.128. The second-order valence-corrected chi connectivity index (χ2v) is 10.3. The molecule has 1 amide bonds. The van der Waals surface area contributed by atoms with E-state index in [1.165, 1.54) is 4.31 Å². The van der Waals surface area contributed by atoms with Crippen LogP contribution in [0.5, 0.6) is 0 Å². The maximum Gasteiger partial charge on any atom is 0.238 e. The van der Waals surface area contributed by atoms with Crippen LogP contribution in [0.3, 0.4) is 0 Å². The number of rotatable bonds is 6. The maximum atomic E-state index is 12.8. The molecule has 0 unspecified atom stereocenters. The molecule has 162 valence electrons. The fourth-order valence-electron chi connectivity index (χ4n) is 3.45. The molecule has 1 saturated heterocycles. The van der Waals surface area contributed by atoms with Crippen LogP contribution in [-0.2, 0) is 21.4 Å². The summed E-state index contributed by atoms with van der Waals surface area (Å²) in [5.74, 6) is -0.197. The van der Waals surface area contributed by atoms with Gasteiger partial charge in [-0.15, -0.1) is 0 Å². The number of nitrogens with zero attached hydrogens (tertiary/aromatic N) is 3. The van der Waals surface area contributed by atoms with Crippen LogP contribution < -0.4 is 4.90 Å². The van der Waals surface area contributed by atoms with Crippen LogP contribution in [0.1, 0.15) is 11.1 Å². The lowest BCUT2D eigenvalue weighted by Crippen LogP contribution is -2.51. The van der Waals surface area contributed by atoms with Crippen LogP contribution in [0.4, 0.5) is 5.69 Å². The van der Waals surface area contributed by atoms with E-state index in [2.05, 4.69) is 4.90 Å². The van der Waals surface area contributed by atoms with Crippen molar-refractivity contribution in [3.05, 3.63) is 63.6 Å². The van der Waals surface area contributed by atoms with Gasteiger partial charge in [-0.2, -0.15) is 4.31 Å². The maximum absolute atomic E-state index is 12.8.